The highest BCUT2D eigenvalue weighted by Crippen LogP contribution is 2.29. The molecule has 0 saturated carbocycles. The molecule has 0 aliphatic rings. The Balaban J connectivity index is 2.52. The van der Waals surface area contributed by atoms with Crippen LogP contribution in [-0.4, -0.2) is 15.6 Å². The highest BCUT2D eigenvalue weighted by atomic mass is 15.1. The van der Waals surface area contributed by atoms with Gasteiger partial charge in [-0.3, -0.25) is 0 Å². The van der Waals surface area contributed by atoms with Crippen molar-refractivity contribution in [1.29, 1.82) is 0 Å². The maximum atomic E-state index is 6.36. The molecule has 0 saturated heterocycles. The van der Waals surface area contributed by atoms with Crippen LogP contribution in [0.3, 0.4) is 0 Å². The van der Waals surface area contributed by atoms with Crippen LogP contribution in [0.2, 0.25) is 0 Å². The number of nitrogens with zero attached hydrogens (tertiary/aromatic N) is 2. The molecule has 0 amide bonds. The van der Waals surface area contributed by atoms with E-state index in [1.165, 1.54) is 0 Å². The fourth-order valence-corrected chi connectivity index (χ4v) is 2.67. The summed E-state index contributed by atoms with van der Waals surface area (Å²) < 4.78 is 1.88. The molecule has 2 atom stereocenters. The third-order valence-electron chi connectivity index (χ3n) is 4.06. The van der Waals surface area contributed by atoms with Crippen LogP contribution >= 0.6 is 0 Å². The number of anilines is 1. The van der Waals surface area contributed by atoms with Gasteiger partial charge < -0.3 is 21.8 Å². The molecule has 1 aromatic heterocycles. The van der Waals surface area contributed by atoms with Crippen LogP contribution in [0.5, 0.6) is 0 Å². The average molecular weight is 287 g/mol. The summed E-state index contributed by atoms with van der Waals surface area (Å²) in [5.41, 5.74) is 22.4. The number of benzene rings is 1. The quantitative estimate of drug-likeness (QED) is 0.708. The molecule has 6 N–H and O–H groups in total. The molecule has 0 aliphatic carbocycles. The summed E-state index contributed by atoms with van der Waals surface area (Å²) in [4.78, 5) is 4.48. The average Bonchev–Trinajstić information content (AvgIpc) is 2.75. The molecule has 2 rings (SSSR count). The number of rotatable bonds is 6. The second kappa shape index (κ2) is 6.28. The largest absolute Gasteiger partial charge is 0.369 e. The predicted octanol–water partition coefficient (Wildman–Crippen LogP) is 2.01. The van der Waals surface area contributed by atoms with Gasteiger partial charge >= 0.3 is 0 Å². The lowest BCUT2D eigenvalue weighted by Crippen LogP contribution is -2.26. The van der Waals surface area contributed by atoms with E-state index in [0.29, 0.717) is 5.95 Å². The molecule has 1 heterocycles. The summed E-state index contributed by atoms with van der Waals surface area (Å²) in [7, 11) is 1.91. The van der Waals surface area contributed by atoms with E-state index in [1.807, 2.05) is 23.8 Å². The Kier molecular flexibility index (Phi) is 4.65. The van der Waals surface area contributed by atoms with E-state index < -0.39 is 0 Å². The van der Waals surface area contributed by atoms with E-state index in [1.54, 1.807) is 0 Å². The zero-order valence-corrected chi connectivity index (χ0v) is 12.8. The van der Waals surface area contributed by atoms with Gasteiger partial charge in [0.15, 0.2) is 0 Å². The highest BCUT2D eigenvalue weighted by molar-refractivity contribution is 5.83. The molecular weight excluding hydrogens is 262 g/mol. The second-order valence-electron chi connectivity index (χ2n) is 5.53. The zero-order chi connectivity index (χ0) is 15.6. The van der Waals surface area contributed by atoms with Crippen LogP contribution in [0.25, 0.3) is 11.0 Å². The van der Waals surface area contributed by atoms with Crippen molar-refractivity contribution in [2.75, 3.05) is 5.73 Å². The van der Waals surface area contributed by atoms with Gasteiger partial charge in [0.1, 0.15) is 0 Å². The Morgan fingerprint density at radius 3 is 2.71 bits per heavy atom. The fraction of sp³-hybridized carbons (Fsp3) is 0.438. The van der Waals surface area contributed by atoms with Crippen molar-refractivity contribution in [1.82, 2.24) is 9.55 Å². The maximum Gasteiger partial charge on any atom is 0.200 e. The molecule has 0 spiro atoms. The highest BCUT2D eigenvalue weighted by Gasteiger charge is 2.18. The molecule has 5 heteroatoms. The Morgan fingerprint density at radius 2 is 2.10 bits per heavy atom. The lowest BCUT2D eigenvalue weighted by molar-refractivity contribution is 0.524. The van der Waals surface area contributed by atoms with Gasteiger partial charge in [-0.25, -0.2) is 4.98 Å². The smallest absolute Gasteiger partial charge is 0.200 e. The molecular formula is C16H25N5. The number of fused-ring (bicyclic) bond motifs is 1. The second-order valence-corrected chi connectivity index (χ2v) is 5.53. The first-order valence-electron chi connectivity index (χ1n) is 7.35. The zero-order valence-electron chi connectivity index (χ0n) is 12.8. The predicted molar refractivity (Wildman–Crippen MR) is 88.8 cm³/mol. The number of hydrogen-bond donors (Lipinski definition) is 3. The van der Waals surface area contributed by atoms with Crippen LogP contribution < -0.4 is 17.2 Å². The van der Waals surface area contributed by atoms with Crippen molar-refractivity contribution in [2.45, 2.75) is 38.3 Å². The van der Waals surface area contributed by atoms with E-state index in [2.05, 4.69) is 24.6 Å². The van der Waals surface area contributed by atoms with Crippen molar-refractivity contribution in [3.8, 4) is 0 Å². The van der Waals surface area contributed by atoms with E-state index in [-0.39, 0.29) is 12.1 Å². The van der Waals surface area contributed by atoms with Crippen LogP contribution in [-0.2, 0) is 13.5 Å². The normalized spacial score (nSPS) is 14.3. The Bertz CT molecular complexity index is 644. The van der Waals surface area contributed by atoms with Gasteiger partial charge in [0.2, 0.25) is 5.95 Å². The number of hydrogen-bond acceptors (Lipinski definition) is 4. The number of aromatic nitrogens is 2. The number of allylic oxidation sites excluding steroid dienone is 1. The van der Waals surface area contributed by atoms with Crippen LogP contribution in [0.4, 0.5) is 5.95 Å². The SMILES string of the molecule is C=CCc1c(C(N)CC(N)CC)ccc2c1nc(N)n2C. The van der Waals surface area contributed by atoms with E-state index in [4.69, 9.17) is 17.2 Å². The summed E-state index contributed by atoms with van der Waals surface area (Å²) in [6.45, 7) is 5.91. The van der Waals surface area contributed by atoms with Gasteiger partial charge in [-0.2, -0.15) is 0 Å². The molecule has 0 bridgehead atoms. The lowest BCUT2D eigenvalue weighted by atomic mass is 9.92. The molecule has 114 valence electrons. The number of imidazole rings is 1. The van der Waals surface area contributed by atoms with Gasteiger partial charge in [0.25, 0.3) is 0 Å². The first-order valence-corrected chi connectivity index (χ1v) is 7.35. The van der Waals surface area contributed by atoms with E-state index in [0.717, 1.165) is 41.4 Å². The molecule has 0 radical (unpaired) electrons. The molecule has 21 heavy (non-hydrogen) atoms. The van der Waals surface area contributed by atoms with Crippen molar-refractivity contribution in [2.24, 2.45) is 18.5 Å². The monoisotopic (exact) mass is 287 g/mol. The molecule has 1 aromatic carbocycles. The molecule has 0 fully saturated rings. The van der Waals surface area contributed by atoms with Crippen molar-refractivity contribution in [3.05, 3.63) is 35.9 Å². The Hall–Kier alpha value is -1.85. The molecule has 5 nitrogen and oxygen atoms in total. The minimum atomic E-state index is -0.0949. The Morgan fingerprint density at radius 1 is 1.38 bits per heavy atom. The first kappa shape index (κ1) is 15.5. The summed E-state index contributed by atoms with van der Waals surface area (Å²) in [6, 6.07) is 4.11. The van der Waals surface area contributed by atoms with Crippen molar-refractivity contribution >= 4 is 17.0 Å². The Labute approximate surface area is 125 Å². The first-order chi connectivity index (χ1) is 9.99. The van der Waals surface area contributed by atoms with Crippen LogP contribution in [0.1, 0.15) is 36.9 Å². The van der Waals surface area contributed by atoms with Gasteiger partial charge in [-0.15, -0.1) is 6.58 Å². The summed E-state index contributed by atoms with van der Waals surface area (Å²) in [5, 5.41) is 0. The number of nitrogen functional groups attached to an aromatic ring is 1. The fourth-order valence-electron chi connectivity index (χ4n) is 2.67. The van der Waals surface area contributed by atoms with Crippen LogP contribution in [0.15, 0.2) is 24.8 Å². The molecule has 2 aromatic rings. The van der Waals surface area contributed by atoms with Gasteiger partial charge in [-0.05, 0) is 36.5 Å². The summed E-state index contributed by atoms with van der Waals surface area (Å²) >= 11 is 0. The minimum absolute atomic E-state index is 0.0949. The van der Waals surface area contributed by atoms with Gasteiger partial charge in [0, 0.05) is 19.1 Å². The van der Waals surface area contributed by atoms with Gasteiger partial charge in [0.05, 0.1) is 11.0 Å². The van der Waals surface area contributed by atoms with Crippen LogP contribution in [0, 0.1) is 0 Å². The van der Waals surface area contributed by atoms with E-state index >= 15 is 0 Å². The third kappa shape index (κ3) is 2.94. The lowest BCUT2D eigenvalue weighted by Gasteiger charge is -2.19. The molecule has 2 unspecified atom stereocenters. The van der Waals surface area contributed by atoms with E-state index in [9.17, 15) is 0 Å². The number of nitrogens with two attached hydrogens (primary N) is 3. The third-order valence-corrected chi connectivity index (χ3v) is 4.06. The standard InChI is InChI=1S/C16H25N5/c1-4-6-12-11(13(18)9-10(17)5-2)7-8-14-15(12)20-16(19)21(14)3/h4,7-8,10,13H,1,5-6,9,17-18H2,2-3H3,(H2,19,20). The van der Waals surface area contributed by atoms with Crippen molar-refractivity contribution in [3.63, 3.8) is 0 Å². The summed E-state index contributed by atoms with van der Waals surface area (Å²) in [5.74, 6) is 0.506. The maximum absolute atomic E-state index is 6.36. The van der Waals surface area contributed by atoms with Gasteiger partial charge in [-0.1, -0.05) is 19.1 Å². The number of aryl methyl sites for hydroxylation is 1. The minimum Gasteiger partial charge on any atom is -0.369 e. The van der Waals surface area contributed by atoms with Crippen molar-refractivity contribution < 1.29 is 0 Å². The summed E-state index contributed by atoms with van der Waals surface area (Å²) in [6.07, 6.45) is 4.27. The topological polar surface area (TPSA) is 95.9 Å². The molecule has 0 aliphatic heterocycles.